The summed E-state index contributed by atoms with van der Waals surface area (Å²) in [5.74, 6) is -3.66. The van der Waals surface area contributed by atoms with E-state index in [2.05, 4.69) is 20.6 Å². The number of aromatic nitrogens is 2. The van der Waals surface area contributed by atoms with Gasteiger partial charge in [-0.15, -0.1) is 0 Å². The van der Waals surface area contributed by atoms with Crippen molar-refractivity contribution in [1.82, 2.24) is 9.97 Å². The molecule has 0 spiro atoms. The molecule has 2 amide bonds. The van der Waals surface area contributed by atoms with E-state index in [1.54, 1.807) is 54.6 Å². The number of amides is 2. The van der Waals surface area contributed by atoms with E-state index in [1.807, 2.05) is 0 Å². The maximum atomic E-state index is 13.6. The van der Waals surface area contributed by atoms with Gasteiger partial charge >= 0.3 is 0 Å². The van der Waals surface area contributed by atoms with Crippen LogP contribution in [0, 0.1) is 23.3 Å². The molecule has 0 saturated heterocycles. The standard InChI is InChI=1S/C14H7ClF2N2OS.C14H8F2N2OS/c15-9-4-2-1-3-8(9)13(20)19-14-18-12-10(17)5-7(16)6-11(12)21-14;15-9-6-10(16)12-11(7-9)20-14(17-12)18-13(19)8-4-2-1-3-5-8/h1-6H,(H,18,19,20);1-7H,(H,17,18,19). The van der Waals surface area contributed by atoms with Gasteiger partial charge in [0.1, 0.15) is 22.7 Å². The number of fused-ring (bicyclic) bond motifs is 2. The average Bonchev–Trinajstić information content (AvgIpc) is 3.53. The Kier molecular flexibility index (Phi) is 8.24. The lowest BCUT2D eigenvalue weighted by atomic mass is 10.2. The van der Waals surface area contributed by atoms with Gasteiger partial charge < -0.3 is 0 Å². The second-order valence-corrected chi connectivity index (χ2v) is 10.7. The van der Waals surface area contributed by atoms with Crippen LogP contribution in [0.4, 0.5) is 27.8 Å². The number of halogens is 5. The largest absolute Gasteiger partial charge is 0.298 e. The van der Waals surface area contributed by atoms with E-state index in [4.69, 9.17) is 11.6 Å². The number of nitrogens with zero attached hydrogens (tertiary/aromatic N) is 2. The summed E-state index contributed by atoms with van der Waals surface area (Å²) in [5.41, 5.74) is 0.833. The minimum Gasteiger partial charge on any atom is -0.298 e. The topological polar surface area (TPSA) is 84.0 Å². The number of rotatable bonds is 4. The van der Waals surface area contributed by atoms with Crippen molar-refractivity contribution in [1.29, 1.82) is 0 Å². The molecule has 6 rings (SSSR count). The first-order chi connectivity index (χ1) is 19.7. The van der Waals surface area contributed by atoms with Crippen molar-refractivity contribution in [3.05, 3.63) is 118 Å². The molecule has 0 aliphatic rings. The van der Waals surface area contributed by atoms with E-state index >= 15 is 0 Å². The van der Waals surface area contributed by atoms with Crippen LogP contribution in [0.3, 0.4) is 0 Å². The Bertz CT molecular complexity index is 1910. The van der Waals surface area contributed by atoms with E-state index in [0.29, 0.717) is 20.0 Å². The Morgan fingerprint density at radius 1 is 0.659 bits per heavy atom. The molecule has 206 valence electrons. The van der Waals surface area contributed by atoms with E-state index in [0.717, 1.165) is 34.8 Å². The molecular formula is C28H15ClF4N4O2S2. The molecule has 2 aromatic heterocycles. The van der Waals surface area contributed by atoms with Gasteiger partial charge in [-0.1, -0.05) is 64.6 Å². The van der Waals surface area contributed by atoms with Gasteiger partial charge in [0.2, 0.25) is 0 Å². The molecule has 4 aromatic carbocycles. The second-order valence-electron chi connectivity index (χ2n) is 8.26. The molecule has 0 fully saturated rings. The normalized spacial score (nSPS) is 10.8. The molecule has 6 nitrogen and oxygen atoms in total. The van der Waals surface area contributed by atoms with Crippen LogP contribution in [0.25, 0.3) is 20.4 Å². The lowest BCUT2D eigenvalue weighted by Gasteiger charge is -2.02. The second kappa shape index (κ2) is 12.0. The number of hydrogen-bond donors (Lipinski definition) is 2. The smallest absolute Gasteiger partial charge is 0.258 e. The predicted octanol–water partition coefficient (Wildman–Crippen LogP) is 8.31. The zero-order chi connectivity index (χ0) is 29.1. The first kappa shape index (κ1) is 28.1. The van der Waals surface area contributed by atoms with E-state index in [-0.39, 0.29) is 32.8 Å². The van der Waals surface area contributed by atoms with Crippen LogP contribution in [0.5, 0.6) is 0 Å². The van der Waals surface area contributed by atoms with Crippen molar-refractivity contribution >= 4 is 76.8 Å². The summed E-state index contributed by atoms with van der Waals surface area (Å²) in [6, 6.07) is 19.0. The molecule has 0 aliphatic heterocycles. The third-order valence-corrected chi connectivity index (χ3v) is 7.59. The zero-order valence-electron chi connectivity index (χ0n) is 20.4. The highest BCUT2D eigenvalue weighted by Crippen LogP contribution is 2.30. The molecule has 0 unspecified atom stereocenters. The summed E-state index contributed by atoms with van der Waals surface area (Å²) in [6.07, 6.45) is 0. The number of hydrogen-bond acceptors (Lipinski definition) is 6. The molecule has 2 N–H and O–H groups in total. The minimum atomic E-state index is -0.764. The first-order valence-corrected chi connectivity index (χ1v) is 13.6. The van der Waals surface area contributed by atoms with Crippen molar-refractivity contribution in [3.63, 3.8) is 0 Å². The van der Waals surface area contributed by atoms with Gasteiger partial charge in [0.15, 0.2) is 21.9 Å². The Labute approximate surface area is 242 Å². The molecule has 41 heavy (non-hydrogen) atoms. The third-order valence-electron chi connectivity index (χ3n) is 5.42. The van der Waals surface area contributed by atoms with Gasteiger partial charge in [-0.25, -0.2) is 27.5 Å². The van der Waals surface area contributed by atoms with E-state index in [9.17, 15) is 27.2 Å². The zero-order valence-corrected chi connectivity index (χ0v) is 22.8. The lowest BCUT2D eigenvalue weighted by molar-refractivity contribution is 0.101. The SMILES string of the molecule is O=C(Nc1nc2c(F)cc(F)cc2s1)c1ccccc1.O=C(Nc1nc2c(F)cc(F)cc2s1)c1ccccc1Cl. The van der Waals surface area contributed by atoms with Crippen LogP contribution in [0.1, 0.15) is 20.7 Å². The summed E-state index contributed by atoms with van der Waals surface area (Å²) in [6.45, 7) is 0. The molecule has 0 atom stereocenters. The molecule has 0 aliphatic carbocycles. The molecule has 2 heterocycles. The number of anilines is 2. The van der Waals surface area contributed by atoms with Crippen molar-refractivity contribution < 1.29 is 27.2 Å². The van der Waals surface area contributed by atoms with Gasteiger partial charge in [0.25, 0.3) is 11.8 Å². The number of carbonyl (C=O) groups excluding carboxylic acids is 2. The fourth-order valence-corrected chi connectivity index (χ4v) is 5.61. The maximum Gasteiger partial charge on any atom is 0.258 e. The quantitative estimate of drug-likeness (QED) is 0.196. The molecular weight excluding hydrogens is 600 g/mol. The molecule has 0 bridgehead atoms. The highest BCUT2D eigenvalue weighted by Gasteiger charge is 2.15. The highest BCUT2D eigenvalue weighted by molar-refractivity contribution is 7.22. The fraction of sp³-hybridized carbons (Fsp3) is 0. The van der Waals surface area contributed by atoms with Gasteiger partial charge in [0.05, 0.1) is 20.0 Å². The molecule has 0 saturated carbocycles. The van der Waals surface area contributed by atoms with Crippen LogP contribution < -0.4 is 10.6 Å². The summed E-state index contributed by atoms with van der Waals surface area (Å²) in [5, 5.41) is 5.82. The van der Waals surface area contributed by atoms with Crippen molar-refractivity contribution in [3.8, 4) is 0 Å². The van der Waals surface area contributed by atoms with Crippen LogP contribution in [-0.2, 0) is 0 Å². The van der Waals surface area contributed by atoms with Gasteiger partial charge in [-0.3, -0.25) is 20.2 Å². The van der Waals surface area contributed by atoms with Crippen LogP contribution in [-0.4, -0.2) is 21.8 Å². The average molecular weight is 615 g/mol. The Morgan fingerprint density at radius 3 is 1.68 bits per heavy atom. The van der Waals surface area contributed by atoms with Crippen LogP contribution >= 0.6 is 34.3 Å². The number of carbonyl (C=O) groups is 2. The number of benzene rings is 4. The third kappa shape index (κ3) is 6.51. The number of nitrogens with one attached hydrogen (secondary N) is 2. The van der Waals surface area contributed by atoms with Crippen molar-refractivity contribution in [2.75, 3.05) is 10.6 Å². The summed E-state index contributed by atoms with van der Waals surface area (Å²) >= 11 is 7.94. The Balaban J connectivity index is 0.000000165. The van der Waals surface area contributed by atoms with Crippen LogP contribution in [0.15, 0.2) is 78.9 Å². The minimum absolute atomic E-state index is 0.0239. The molecule has 6 aromatic rings. The maximum absolute atomic E-state index is 13.6. The lowest BCUT2D eigenvalue weighted by Crippen LogP contribution is -2.12. The van der Waals surface area contributed by atoms with Crippen molar-refractivity contribution in [2.24, 2.45) is 0 Å². The highest BCUT2D eigenvalue weighted by atomic mass is 35.5. The van der Waals surface area contributed by atoms with Gasteiger partial charge in [0, 0.05) is 17.7 Å². The van der Waals surface area contributed by atoms with Gasteiger partial charge in [-0.2, -0.15) is 0 Å². The Hall–Kier alpha value is -4.39. The van der Waals surface area contributed by atoms with E-state index < -0.39 is 29.2 Å². The fourth-order valence-electron chi connectivity index (χ4n) is 3.59. The summed E-state index contributed by atoms with van der Waals surface area (Å²) in [4.78, 5) is 31.9. The van der Waals surface area contributed by atoms with Gasteiger partial charge in [-0.05, 0) is 36.4 Å². The van der Waals surface area contributed by atoms with Crippen LogP contribution in [0.2, 0.25) is 5.02 Å². The van der Waals surface area contributed by atoms with E-state index in [1.165, 1.54) is 12.1 Å². The monoisotopic (exact) mass is 614 g/mol. The first-order valence-electron chi connectivity index (χ1n) is 11.6. The van der Waals surface area contributed by atoms with Crippen molar-refractivity contribution in [2.45, 2.75) is 0 Å². The number of thiazole rings is 2. The Morgan fingerprint density at radius 2 is 1.15 bits per heavy atom. The summed E-state index contributed by atoms with van der Waals surface area (Å²) in [7, 11) is 0. The predicted molar refractivity (Wildman–Crippen MR) is 153 cm³/mol. The summed E-state index contributed by atoms with van der Waals surface area (Å²) < 4.78 is 53.9. The molecule has 0 radical (unpaired) electrons. The molecule has 13 heteroatoms.